The average Bonchev–Trinajstić information content (AvgIpc) is 2.39. The molecule has 21 heavy (non-hydrogen) atoms. The van der Waals surface area contributed by atoms with Crippen molar-refractivity contribution < 1.29 is 17.6 Å². The monoisotopic (exact) mass is 333 g/mol. The average molecular weight is 334 g/mol. The fourth-order valence-corrected chi connectivity index (χ4v) is 3.35. The zero-order chi connectivity index (χ0) is 15.8. The van der Waals surface area contributed by atoms with Crippen molar-refractivity contribution in [1.29, 1.82) is 0 Å². The van der Waals surface area contributed by atoms with Gasteiger partial charge in [-0.1, -0.05) is 6.92 Å². The molecule has 1 aromatic carbocycles. The number of amides is 1. The standard InChI is InChI=1S/C14H17ClFNO3S/c1-9-3-4-10(2)17(8-9)14(18)11-5-12(16)7-13(6-11)21(15,19)20/h5-7,9-10H,3-4,8H2,1-2H3. The van der Waals surface area contributed by atoms with Crippen LogP contribution >= 0.6 is 10.7 Å². The molecule has 2 atom stereocenters. The quantitative estimate of drug-likeness (QED) is 0.782. The first-order chi connectivity index (χ1) is 9.68. The van der Waals surface area contributed by atoms with Crippen molar-refractivity contribution in [3.8, 4) is 0 Å². The van der Waals surface area contributed by atoms with E-state index in [-0.39, 0.29) is 17.5 Å². The molecule has 1 saturated heterocycles. The van der Waals surface area contributed by atoms with Gasteiger partial charge in [0.25, 0.3) is 15.0 Å². The molecule has 2 rings (SSSR count). The predicted molar refractivity (Wildman–Crippen MR) is 78.3 cm³/mol. The molecule has 7 heteroatoms. The number of carbonyl (C=O) groups is 1. The molecule has 1 aliphatic heterocycles. The van der Waals surface area contributed by atoms with Crippen LogP contribution in [0.25, 0.3) is 0 Å². The number of hydrogen-bond donors (Lipinski definition) is 0. The van der Waals surface area contributed by atoms with Crippen molar-refractivity contribution in [3.63, 3.8) is 0 Å². The maximum absolute atomic E-state index is 13.6. The van der Waals surface area contributed by atoms with Crippen LogP contribution in [0.2, 0.25) is 0 Å². The Balaban J connectivity index is 2.37. The molecule has 1 aromatic rings. The maximum Gasteiger partial charge on any atom is 0.261 e. The molecule has 1 aliphatic rings. The van der Waals surface area contributed by atoms with Gasteiger partial charge in [0.2, 0.25) is 0 Å². The van der Waals surface area contributed by atoms with Gasteiger partial charge in [-0.25, -0.2) is 12.8 Å². The highest BCUT2D eigenvalue weighted by Gasteiger charge is 2.28. The molecule has 0 saturated carbocycles. The zero-order valence-corrected chi connectivity index (χ0v) is 13.4. The van der Waals surface area contributed by atoms with Gasteiger partial charge in [-0.15, -0.1) is 0 Å². The van der Waals surface area contributed by atoms with Crippen LogP contribution in [0.3, 0.4) is 0 Å². The third kappa shape index (κ3) is 3.74. The predicted octanol–water partition coefficient (Wildman–Crippen LogP) is 3.01. The first-order valence-electron chi connectivity index (χ1n) is 6.74. The van der Waals surface area contributed by atoms with Crippen LogP contribution in [0.15, 0.2) is 23.1 Å². The van der Waals surface area contributed by atoms with Crippen molar-refractivity contribution in [3.05, 3.63) is 29.6 Å². The van der Waals surface area contributed by atoms with Gasteiger partial charge in [-0.3, -0.25) is 4.79 Å². The summed E-state index contributed by atoms with van der Waals surface area (Å²) in [4.78, 5) is 13.8. The Kier molecular flexibility index (Phi) is 4.58. The van der Waals surface area contributed by atoms with E-state index in [9.17, 15) is 17.6 Å². The highest BCUT2D eigenvalue weighted by molar-refractivity contribution is 8.13. The lowest BCUT2D eigenvalue weighted by Crippen LogP contribution is -2.45. The Bertz CT molecular complexity index is 662. The number of carbonyl (C=O) groups excluding carboxylic acids is 1. The summed E-state index contributed by atoms with van der Waals surface area (Å²) in [5, 5.41) is 0. The van der Waals surface area contributed by atoms with Crippen molar-refractivity contribution in [2.45, 2.75) is 37.6 Å². The Morgan fingerprint density at radius 2 is 1.95 bits per heavy atom. The van der Waals surface area contributed by atoms with Gasteiger partial charge < -0.3 is 4.90 Å². The van der Waals surface area contributed by atoms with E-state index in [4.69, 9.17) is 10.7 Å². The highest BCUT2D eigenvalue weighted by atomic mass is 35.7. The molecule has 1 heterocycles. The van der Waals surface area contributed by atoms with Crippen LogP contribution in [-0.4, -0.2) is 31.8 Å². The highest BCUT2D eigenvalue weighted by Crippen LogP contribution is 2.25. The number of hydrogen-bond acceptors (Lipinski definition) is 3. The maximum atomic E-state index is 13.6. The third-order valence-corrected chi connectivity index (χ3v) is 5.11. The summed E-state index contributed by atoms with van der Waals surface area (Å²) in [6.45, 7) is 4.56. The van der Waals surface area contributed by atoms with Gasteiger partial charge in [0.05, 0.1) is 4.90 Å². The molecule has 116 valence electrons. The second-order valence-electron chi connectivity index (χ2n) is 5.60. The van der Waals surface area contributed by atoms with Crippen LogP contribution < -0.4 is 0 Å². The summed E-state index contributed by atoms with van der Waals surface area (Å²) in [6, 6.07) is 3.02. The molecule has 0 aliphatic carbocycles. The van der Waals surface area contributed by atoms with Crippen LogP contribution in [-0.2, 0) is 9.05 Å². The molecule has 4 nitrogen and oxygen atoms in total. The minimum absolute atomic E-state index is 0.00942. The largest absolute Gasteiger partial charge is 0.336 e. The number of benzene rings is 1. The number of rotatable bonds is 2. The van der Waals surface area contributed by atoms with E-state index in [2.05, 4.69) is 0 Å². The first-order valence-corrected chi connectivity index (χ1v) is 9.05. The summed E-state index contributed by atoms with van der Waals surface area (Å²) < 4.78 is 36.2. The van der Waals surface area contributed by atoms with Gasteiger partial charge in [0, 0.05) is 28.8 Å². The molecule has 0 N–H and O–H groups in total. The van der Waals surface area contributed by atoms with Crippen LogP contribution in [0.4, 0.5) is 4.39 Å². The van der Waals surface area contributed by atoms with Crippen molar-refractivity contribution >= 4 is 25.6 Å². The summed E-state index contributed by atoms with van der Waals surface area (Å²) in [6.07, 6.45) is 1.91. The van der Waals surface area contributed by atoms with E-state index in [1.165, 1.54) is 0 Å². The van der Waals surface area contributed by atoms with Crippen LogP contribution in [0.5, 0.6) is 0 Å². The van der Waals surface area contributed by atoms with E-state index in [1.54, 1.807) is 4.90 Å². The van der Waals surface area contributed by atoms with E-state index in [0.29, 0.717) is 12.5 Å². The van der Waals surface area contributed by atoms with Crippen LogP contribution in [0, 0.1) is 11.7 Å². The first kappa shape index (κ1) is 16.2. The summed E-state index contributed by atoms with van der Waals surface area (Å²) in [7, 11) is 1.15. The molecule has 0 spiro atoms. The number of likely N-dealkylation sites (tertiary alicyclic amines) is 1. The zero-order valence-electron chi connectivity index (χ0n) is 11.8. The number of piperidine rings is 1. The second-order valence-corrected chi connectivity index (χ2v) is 8.17. The normalized spacial score (nSPS) is 23.1. The molecular weight excluding hydrogens is 317 g/mol. The Labute approximate surface area is 128 Å². The smallest absolute Gasteiger partial charge is 0.261 e. The second kappa shape index (κ2) is 5.93. The van der Waals surface area contributed by atoms with Crippen molar-refractivity contribution in [1.82, 2.24) is 4.90 Å². The fourth-order valence-electron chi connectivity index (χ4n) is 2.56. The number of halogens is 2. The van der Waals surface area contributed by atoms with Gasteiger partial charge in [0.15, 0.2) is 0 Å². The lowest BCUT2D eigenvalue weighted by atomic mass is 9.94. The summed E-state index contributed by atoms with van der Waals surface area (Å²) in [5.41, 5.74) is 0.00942. The van der Waals surface area contributed by atoms with Crippen molar-refractivity contribution in [2.75, 3.05) is 6.54 Å². The topological polar surface area (TPSA) is 54.5 Å². The molecule has 0 aromatic heterocycles. The van der Waals surface area contributed by atoms with E-state index < -0.39 is 19.8 Å². The van der Waals surface area contributed by atoms with Gasteiger partial charge in [-0.2, -0.15) is 0 Å². The molecule has 2 unspecified atom stereocenters. The fraction of sp³-hybridized carbons (Fsp3) is 0.500. The number of nitrogens with zero attached hydrogens (tertiary/aromatic N) is 1. The van der Waals surface area contributed by atoms with E-state index in [1.807, 2.05) is 13.8 Å². The summed E-state index contributed by atoms with van der Waals surface area (Å²) in [5.74, 6) is -0.789. The minimum Gasteiger partial charge on any atom is -0.336 e. The molecule has 0 radical (unpaired) electrons. The van der Waals surface area contributed by atoms with Crippen LogP contribution in [0.1, 0.15) is 37.0 Å². The van der Waals surface area contributed by atoms with E-state index >= 15 is 0 Å². The van der Waals surface area contributed by atoms with Gasteiger partial charge in [-0.05, 0) is 43.9 Å². The molecule has 0 bridgehead atoms. The Morgan fingerprint density at radius 1 is 1.29 bits per heavy atom. The van der Waals surface area contributed by atoms with Gasteiger partial charge >= 0.3 is 0 Å². The van der Waals surface area contributed by atoms with Gasteiger partial charge in [0.1, 0.15) is 5.82 Å². The van der Waals surface area contributed by atoms with Crippen molar-refractivity contribution in [2.24, 2.45) is 5.92 Å². The molecule has 1 fully saturated rings. The third-order valence-electron chi connectivity index (χ3n) is 3.78. The summed E-state index contributed by atoms with van der Waals surface area (Å²) >= 11 is 0. The molecular formula is C14H17ClFNO3S. The Morgan fingerprint density at radius 3 is 2.57 bits per heavy atom. The Hall–Kier alpha value is -1.14. The van der Waals surface area contributed by atoms with E-state index in [0.717, 1.165) is 31.0 Å². The lowest BCUT2D eigenvalue weighted by molar-refractivity contribution is 0.0573. The lowest BCUT2D eigenvalue weighted by Gasteiger charge is -2.36. The molecule has 1 amide bonds. The SMILES string of the molecule is CC1CCC(C)N(C(=O)c2cc(F)cc(S(=O)(=O)Cl)c2)C1. The minimum atomic E-state index is -4.07.